The second kappa shape index (κ2) is 10.4. The first kappa shape index (κ1) is 22.8. The third-order valence-corrected chi connectivity index (χ3v) is 5.41. The summed E-state index contributed by atoms with van der Waals surface area (Å²) >= 11 is 0. The van der Waals surface area contributed by atoms with Crippen LogP contribution < -0.4 is 19.5 Å². The van der Waals surface area contributed by atoms with Crippen molar-refractivity contribution in [1.82, 2.24) is 10.2 Å². The Hall–Kier alpha value is -2.44. The number of carbonyl (C=O) groups is 2. The molecule has 0 aliphatic carbocycles. The molecular formula is C22H34N2O5. The summed E-state index contributed by atoms with van der Waals surface area (Å²) in [6.45, 7) is 7.39. The van der Waals surface area contributed by atoms with Crippen molar-refractivity contribution in [3.05, 3.63) is 17.7 Å². The maximum atomic E-state index is 12.9. The molecule has 0 bridgehead atoms. The fraction of sp³-hybridized carbons (Fsp3) is 0.636. The predicted molar refractivity (Wildman–Crippen MR) is 112 cm³/mol. The van der Waals surface area contributed by atoms with E-state index < -0.39 is 0 Å². The monoisotopic (exact) mass is 406 g/mol. The van der Waals surface area contributed by atoms with Gasteiger partial charge in [0, 0.05) is 31.5 Å². The van der Waals surface area contributed by atoms with Gasteiger partial charge in [0.05, 0.1) is 27.2 Å². The van der Waals surface area contributed by atoms with E-state index in [4.69, 9.17) is 14.2 Å². The third kappa shape index (κ3) is 5.14. The number of benzene rings is 1. The van der Waals surface area contributed by atoms with E-state index in [9.17, 15) is 9.59 Å². The van der Waals surface area contributed by atoms with Gasteiger partial charge in [0.15, 0.2) is 11.5 Å². The van der Waals surface area contributed by atoms with Crippen LogP contribution in [0.25, 0.3) is 0 Å². The fourth-order valence-electron chi connectivity index (χ4n) is 3.79. The van der Waals surface area contributed by atoms with Gasteiger partial charge >= 0.3 is 0 Å². The van der Waals surface area contributed by atoms with Crippen LogP contribution in [0.4, 0.5) is 0 Å². The number of unbranched alkanes of at least 4 members (excludes halogenated alkanes) is 1. The summed E-state index contributed by atoms with van der Waals surface area (Å²) in [7, 11) is 4.70. The van der Waals surface area contributed by atoms with E-state index in [1.54, 1.807) is 26.2 Å². The molecule has 1 aromatic rings. The first-order valence-electron chi connectivity index (χ1n) is 10.2. The minimum absolute atomic E-state index is 0.0174. The highest BCUT2D eigenvalue weighted by atomic mass is 16.5. The quantitative estimate of drug-likeness (QED) is 0.638. The molecule has 1 aliphatic heterocycles. The van der Waals surface area contributed by atoms with Crippen LogP contribution in [0.5, 0.6) is 17.2 Å². The lowest BCUT2D eigenvalue weighted by molar-refractivity contribution is -0.133. The molecule has 1 saturated heterocycles. The molecule has 1 fully saturated rings. The third-order valence-electron chi connectivity index (χ3n) is 5.41. The number of hydrogen-bond donors (Lipinski definition) is 1. The molecule has 2 rings (SSSR count). The molecule has 0 radical (unpaired) electrons. The summed E-state index contributed by atoms with van der Waals surface area (Å²) in [4.78, 5) is 27.4. The molecule has 1 heterocycles. The van der Waals surface area contributed by atoms with Crippen molar-refractivity contribution in [3.8, 4) is 17.2 Å². The molecule has 29 heavy (non-hydrogen) atoms. The highest BCUT2D eigenvalue weighted by molar-refractivity contribution is 5.84. The smallest absolute Gasteiger partial charge is 0.225 e. The molecule has 1 aromatic carbocycles. The standard InChI is InChI=1S/C22H34N2O5/c1-7-8-9-23-21(25)17-13-24(22(26)14(2)3)12-16(17)15-10-18(27-4)20(29-6)19(11-15)28-5/h10-11,14,16-17H,7-9,12-13H2,1-6H3,(H,23,25). The second-order valence-corrected chi connectivity index (χ2v) is 7.71. The Morgan fingerprint density at radius 3 is 2.21 bits per heavy atom. The molecule has 7 heteroatoms. The van der Waals surface area contributed by atoms with Crippen LogP contribution in [-0.4, -0.2) is 57.7 Å². The van der Waals surface area contributed by atoms with Crippen molar-refractivity contribution in [1.29, 1.82) is 0 Å². The van der Waals surface area contributed by atoms with Gasteiger partial charge in [-0.1, -0.05) is 27.2 Å². The lowest BCUT2D eigenvalue weighted by Gasteiger charge is -2.21. The van der Waals surface area contributed by atoms with E-state index in [0.29, 0.717) is 36.9 Å². The van der Waals surface area contributed by atoms with E-state index in [-0.39, 0.29) is 29.6 Å². The zero-order valence-corrected chi connectivity index (χ0v) is 18.4. The number of likely N-dealkylation sites (tertiary alicyclic amines) is 1. The average molecular weight is 407 g/mol. The number of rotatable bonds is 9. The van der Waals surface area contributed by atoms with Crippen molar-refractivity contribution in [3.63, 3.8) is 0 Å². The molecule has 2 atom stereocenters. The van der Waals surface area contributed by atoms with E-state index in [2.05, 4.69) is 12.2 Å². The van der Waals surface area contributed by atoms with Crippen molar-refractivity contribution in [2.24, 2.45) is 11.8 Å². The fourth-order valence-corrected chi connectivity index (χ4v) is 3.79. The van der Waals surface area contributed by atoms with Gasteiger partial charge in [-0.25, -0.2) is 0 Å². The van der Waals surface area contributed by atoms with Crippen LogP contribution >= 0.6 is 0 Å². The van der Waals surface area contributed by atoms with Crippen LogP contribution in [0.2, 0.25) is 0 Å². The summed E-state index contributed by atoms with van der Waals surface area (Å²) in [5, 5.41) is 3.03. The van der Waals surface area contributed by atoms with Gasteiger partial charge in [-0.3, -0.25) is 9.59 Å². The summed E-state index contributed by atoms with van der Waals surface area (Å²) < 4.78 is 16.4. The molecule has 2 unspecified atom stereocenters. The number of carbonyl (C=O) groups excluding carboxylic acids is 2. The van der Waals surface area contributed by atoms with Gasteiger partial charge in [0.25, 0.3) is 0 Å². The SMILES string of the molecule is CCCCNC(=O)C1CN(C(=O)C(C)C)CC1c1cc(OC)c(OC)c(OC)c1. The predicted octanol–water partition coefficient (Wildman–Crippen LogP) is 2.83. The lowest BCUT2D eigenvalue weighted by atomic mass is 9.88. The van der Waals surface area contributed by atoms with Gasteiger partial charge in [-0.05, 0) is 24.1 Å². The highest BCUT2D eigenvalue weighted by Gasteiger charge is 2.41. The minimum Gasteiger partial charge on any atom is -0.493 e. The number of nitrogens with zero attached hydrogens (tertiary/aromatic N) is 1. The topological polar surface area (TPSA) is 77.1 Å². The van der Waals surface area contributed by atoms with Crippen LogP contribution in [0, 0.1) is 11.8 Å². The molecule has 0 spiro atoms. The van der Waals surface area contributed by atoms with Gasteiger partial charge in [0.1, 0.15) is 0 Å². The molecule has 7 nitrogen and oxygen atoms in total. The van der Waals surface area contributed by atoms with Gasteiger partial charge in [-0.15, -0.1) is 0 Å². The Morgan fingerprint density at radius 1 is 1.10 bits per heavy atom. The maximum Gasteiger partial charge on any atom is 0.225 e. The van der Waals surface area contributed by atoms with Gasteiger partial charge in [-0.2, -0.15) is 0 Å². The number of nitrogens with one attached hydrogen (secondary N) is 1. The molecule has 0 saturated carbocycles. The first-order chi connectivity index (χ1) is 13.9. The highest BCUT2D eigenvalue weighted by Crippen LogP contribution is 2.43. The summed E-state index contributed by atoms with van der Waals surface area (Å²) in [5.74, 6) is 1.06. The molecule has 2 amide bonds. The van der Waals surface area contributed by atoms with Crippen molar-refractivity contribution >= 4 is 11.8 Å². The first-order valence-corrected chi connectivity index (χ1v) is 10.2. The summed E-state index contributed by atoms with van der Waals surface area (Å²) in [6.07, 6.45) is 1.95. The van der Waals surface area contributed by atoms with E-state index in [0.717, 1.165) is 18.4 Å². The van der Waals surface area contributed by atoms with E-state index in [1.165, 1.54) is 0 Å². The summed E-state index contributed by atoms with van der Waals surface area (Å²) in [6, 6.07) is 3.75. The Balaban J connectivity index is 2.39. The Bertz CT molecular complexity index is 694. The molecule has 1 N–H and O–H groups in total. The maximum absolute atomic E-state index is 12.9. The van der Waals surface area contributed by atoms with Gasteiger partial charge in [0.2, 0.25) is 17.6 Å². The average Bonchev–Trinajstić information content (AvgIpc) is 3.17. The minimum atomic E-state index is -0.322. The number of hydrogen-bond acceptors (Lipinski definition) is 5. The van der Waals surface area contributed by atoms with Crippen molar-refractivity contribution in [2.75, 3.05) is 41.0 Å². The molecule has 162 valence electrons. The number of methoxy groups -OCH3 is 3. The Kier molecular flexibility index (Phi) is 8.17. The zero-order valence-electron chi connectivity index (χ0n) is 18.4. The Labute approximate surface area is 173 Å². The van der Waals surface area contributed by atoms with Crippen molar-refractivity contribution < 1.29 is 23.8 Å². The van der Waals surface area contributed by atoms with Crippen molar-refractivity contribution in [2.45, 2.75) is 39.5 Å². The molecular weight excluding hydrogens is 372 g/mol. The van der Waals surface area contributed by atoms with E-state index in [1.807, 2.05) is 26.0 Å². The zero-order chi connectivity index (χ0) is 21.6. The van der Waals surface area contributed by atoms with E-state index >= 15 is 0 Å². The number of amides is 2. The van der Waals surface area contributed by atoms with Crippen LogP contribution in [0.15, 0.2) is 12.1 Å². The number of ether oxygens (including phenoxy) is 3. The van der Waals surface area contributed by atoms with Crippen LogP contribution in [0.3, 0.4) is 0 Å². The lowest BCUT2D eigenvalue weighted by Crippen LogP contribution is -2.36. The van der Waals surface area contributed by atoms with Crippen LogP contribution in [0.1, 0.15) is 45.1 Å². The largest absolute Gasteiger partial charge is 0.493 e. The summed E-state index contributed by atoms with van der Waals surface area (Å²) in [5.41, 5.74) is 0.897. The van der Waals surface area contributed by atoms with Crippen LogP contribution in [-0.2, 0) is 9.59 Å². The molecule has 0 aromatic heterocycles. The van der Waals surface area contributed by atoms with Gasteiger partial charge < -0.3 is 24.4 Å². The second-order valence-electron chi connectivity index (χ2n) is 7.71. The Morgan fingerprint density at radius 2 is 1.72 bits per heavy atom. The molecule has 1 aliphatic rings. The normalized spacial score (nSPS) is 18.7.